The Labute approximate surface area is 92.9 Å². The van der Waals surface area contributed by atoms with Gasteiger partial charge in [-0.1, -0.05) is 35.5 Å². The van der Waals surface area contributed by atoms with E-state index in [1.807, 2.05) is 30.3 Å². The Morgan fingerprint density at radius 3 is 2.69 bits per heavy atom. The van der Waals surface area contributed by atoms with Crippen molar-refractivity contribution in [2.75, 3.05) is 13.1 Å². The van der Waals surface area contributed by atoms with Crippen molar-refractivity contribution < 1.29 is 14.7 Å². The number of carboxylic acid groups (broad SMARTS) is 1. The molecule has 16 heavy (non-hydrogen) atoms. The molecule has 1 heterocycles. The fraction of sp³-hybridized carbons (Fsp3) is 0.273. The molecule has 1 aliphatic heterocycles. The van der Waals surface area contributed by atoms with Crippen LogP contribution in [0.1, 0.15) is 5.56 Å². The summed E-state index contributed by atoms with van der Waals surface area (Å²) in [7, 11) is 0. The first-order chi connectivity index (χ1) is 7.75. The van der Waals surface area contributed by atoms with Gasteiger partial charge in [0.05, 0.1) is 18.8 Å². The molecule has 1 aromatic rings. The molecule has 1 aromatic carbocycles. The maximum atomic E-state index is 10.5. The highest BCUT2D eigenvalue weighted by Gasteiger charge is 2.26. The van der Waals surface area contributed by atoms with Crippen molar-refractivity contribution >= 4 is 11.8 Å². The van der Waals surface area contributed by atoms with Crippen LogP contribution >= 0.6 is 0 Å². The largest absolute Gasteiger partial charge is 0.465 e. The minimum absolute atomic E-state index is 0.351. The lowest BCUT2D eigenvalue weighted by molar-refractivity contribution is 0.119. The van der Waals surface area contributed by atoms with Crippen molar-refractivity contribution in [1.82, 2.24) is 4.90 Å². The van der Waals surface area contributed by atoms with Crippen LogP contribution in [0, 0.1) is 0 Å². The Bertz CT molecular complexity index is 395. The van der Waals surface area contributed by atoms with Crippen LogP contribution < -0.4 is 0 Å². The summed E-state index contributed by atoms with van der Waals surface area (Å²) in [5.41, 5.74) is 1.81. The van der Waals surface area contributed by atoms with Crippen LogP contribution in [0.5, 0.6) is 0 Å². The molecule has 0 unspecified atom stereocenters. The molecule has 0 atom stereocenters. The van der Waals surface area contributed by atoms with Gasteiger partial charge in [0.1, 0.15) is 6.61 Å². The van der Waals surface area contributed by atoms with Gasteiger partial charge in [-0.25, -0.2) is 4.79 Å². The van der Waals surface area contributed by atoms with Crippen LogP contribution in [0.3, 0.4) is 0 Å². The van der Waals surface area contributed by atoms with Gasteiger partial charge in [0.2, 0.25) is 0 Å². The monoisotopic (exact) mass is 220 g/mol. The van der Waals surface area contributed by atoms with Gasteiger partial charge in [-0.2, -0.15) is 0 Å². The zero-order valence-corrected chi connectivity index (χ0v) is 8.67. The number of amides is 1. The van der Waals surface area contributed by atoms with E-state index >= 15 is 0 Å². The molecule has 0 radical (unpaired) electrons. The molecule has 5 heteroatoms. The highest BCUT2D eigenvalue weighted by Crippen LogP contribution is 2.06. The van der Waals surface area contributed by atoms with E-state index < -0.39 is 6.09 Å². The first-order valence-electron chi connectivity index (χ1n) is 4.95. The molecule has 84 valence electrons. The lowest BCUT2D eigenvalue weighted by Crippen LogP contribution is -2.50. The van der Waals surface area contributed by atoms with E-state index in [1.54, 1.807) is 0 Å². The van der Waals surface area contributed by atoms with Gasteiger partial charge in [-0.3, -0.25) is 4.90 Å². The molecular formula is C11H12N2O3. The quantitative estimate of drug-likeness (QED) is 0.786. The molecule has 2 rings (SSSR count). The summed E-state index contributed by atoms with van der Waals surface area (Å²) in [6, 6.07) is 9.70. The van der Waals surface area contributed by atoms with Crippen molar-refractivity contribution in [3.05, 3.63) is 35.9 Å². The third-order valence-corrected chi connectivity index (χ3v) is 2.28. The number of rotatable bonds is 3. The van der Waals surface area contributed by atoms with Gasteiger partial charge in [-0.05, 0) is 5.56 Å². The first kappa shape index (κ1) is 10.5. The molecule has 0 bridgehead atoms. The summed E-state index contributed by atoms with van der Waals surface area (Å²) in [4.78, 5) is 16.8. The second-order valence-corrected chi connectivity index (χ2v) is 3.56. The zero-order valence-electron chi connectivity index (χ0n) is 8.67. The lowest BCUT2D eigenvalue weighted by Gasteiger charge is -2.28. The van der Waals surface area contributed by atoms with Gasteiger partial charge in [-0.15, -0.1) is 0 Å². The summed E-state index contributed by atoms with van der Waals surface area (Å²) in [6.45, 7) is 1.12. The van der Waals surface area contributed by atoms with Crippen molar-refractivity contribution in [3.63, 3.8) is 0 Å². The van der Waals surface area contributed by atoms with Gasteiger partial charge in [0.25, 0.3) is 0 Å². The second-order valence-electron chi connectivity index (χ2n) is 3.56. The number of carbonyl (C=O) groups is 1. The fourth-order valence-electron chi connectivity index (χ4n) is 1.36. The average molecular weight is 220 g/mol. The highest BCUT2D eigenvalue weighted by atomic mass is 16.6. The van der Waals surface area contributed by atoms with E-state index in [9.17, 15) is 4.79 Å². The summed E-state index contributed by atoms with van der Waals surface area (Å²) in [5.74, 6) is 0. The smallest absolute Gasteiger partial charge is 0.407 e. The van der Waals surface area contributed by atoms with Crippen molar-refractivity contribution in [2.24, 2.45) is 5.16 Å². The van der Waals surface area contributed by atoms with E-state index in [4.69, 9.17) is 9.94 Å². The minimum atomic E-state index is -0.915. The molecule has 1 amide bonds. The molecule has 0 aromatic heterocycles. The van der Waals surface area contributed by atoms with E-state index in [-0.39, 0.29) is 0 Å². The van der Waals surface area contributed by atoms with Crippen LogP contribution in [0.2, 0.25) is 0 Å². The van der Waals surface area contributed by atoms with Crippen molar-refractivity contribution in [2.45, 2.75) is 6.61 Å². The van der Waals surface area contributed by atoms with Gasteiger partial charge in [0.15, 0.2) is 0 Å². The van der Waals surface area contributed by atoms with Gasteiger partial charge >= 0.3 is 6.09 Å². The third-order valence-electron chi connectivity index (χ3n) is 2.28. The Kier molecular flexibility index (Phi) is 3.05. The van der Waals surface area contributed by atoms with Crippen LogP contribution in [0.25, 0.3) is 0 Å². The molecular weight excluding hydrogens is 208 g/mol. The predicted octanol–water partition coefficient (Wildman–Crippen LogP) is 1.55. The Hall–Kier alpha value is -2.04. The average Bonchev–Trinajstić information content (AvgIpc) is 2.22. The van der Waals surface area contributed by atoms with Crippen molar-refractivity contribution in [3.8, 4) is 0 Å². The molecule has 1 fully saturated rings. The van der Waals surface area contributed by atoms with Crippen LogP contribution in [-0.4, -0.2) is 34.9 Å². The normalized spacial score (nSPS) is 14.2. The standard InChI is InChI=1S/C11H12N2O3/c14-11(15)13-6-10(7-13)12-16-8-9-4-2-1-3-5-9/h1-5H,6-8H2,(H,14,15). The SMILES string of the molecule is O=C(O)N1CC(=NOCc2ccccc2)C1. The van der Waals surface area contributed by atoms with E-state index in [0.717, 1.165) is 11.3 Å². The number of oxime groups is 1. The topological polar surface area (TPSA) is 62.1 Å². The second kappa shape index (κ2) is 4.65. The summed E-state index contributed by atoms with van der Waals surface area (Å²) in [5, 5.41) is 12.5. The number of nitrogens with zero attached hydrogens (tertiary/aromatic N) is 2. The van der Waals surface area contributed by atoms with Crippen LogP contribution in [0.15, 0.2) is 35.5 Å². The zero-order chi connectivity index (χ0) is 11.4. The molecule has 1 saturated heterocycles. The summed E-state index contributed by atoms with van der Waals surface area (Å²) >= 11 is 0. The Morgan fingerprint density at radius 2 is 2.06 bits per heavy atom. The van der Waals surface area contributed by atoms with Gasteiger partial charge < -0.3 is 9.94 Å². The Balaban J connectivity index is 1.74. The van der Waals surface area contributed by atoms with E-state index in [1.165, 1.54) is 4.90 Å². The molecule has 1 N–H and O–H groups in total. The molecule has 5 nitrogen and oxygen atoms in total. The molecule has 1 aliphatic rings. The number of hydrogen-bond acceptors (Lipinski definition) is 3. The minimum Gasteiger partial charge on any atom is -0.465 e. The van der Waals surface area contributed by atoms with E-state index in [0.29, 0.717) is 19.7 Å². The molecule has 0 aliphatic carbocycles. The van der Waals surface area contributed by atoms with Crippen LogP contribution in [-0.2, 0) is 11.4 Å². The van der Waals surface area contributed by atoms with Crippen LogP contribution in [0.4, 0.5) is 4.79 Å². The molecule has 0 spiro atoms. The summed E-state index contributed by atoms with van der Waals surface area (Å²) in [6.07, 6.45) is -0.915. The van der Waals surface area contributed by atoms with E-state index in [2.05, 4.69) is 5.16 Å². The highest BCUT2D eigenvalue weighted by molar-refractivity contribution is 5.97. The Morgan fingerprint density at radius 1 is 1.38 bits per heavy atom. The summed E-state index contributed by atoms with van der Waals surface area (Å²) < 4.78 is 0. The maximum Gasteiger partial charge on any atom is 0.407 e. The first-order valence-corrected chi connectivity index (χ1v) is 4.95. The molecule has 0 saturated carbocycles. The number of hydrogen-bond donors (Lipinski definition) is 1. The number of likely N-dealkylation sites (tertiary alicyclic amines) is 1. The predicted molar refractivity (Wildman–Crippen MR) is 58.3 cm³/mol. The third kappa shape index (κ3) is 2.50. The maximum absolute atomic E-state index is 10.5. The van der Waals surface area contributed by atoms with Gasteiger partial charge in [0, 0.05) is 0 Å². The fourth-order valence-corrected chi connectivity index (χ4v) is 1.36. The van der Waals surface area contributed by atoms with Crippen molar-refractivity contribution in [1.29, 1.82) is 0 Å². The lowest BCUT2D eigenvalue weighted by atomic mass is 10.2. The number of benzene rings is 1.